The minimum Gasteiger partial charge on any atom is -0.262 e. The summed E-state index contributed by atoms with van der Waals surface area (Å²) in [6, 6.07) is 1.57. The molecular formula is C11H9ClFN3. The number of hydrogen-bond donors (Lipinski definition) is 0. The minimum atomic E-state index is -0.415. The van der Waals surface area contributed by atoms with Gasteiger partial charge in [0.25, 0.3) is 0 Å². The Balaban J connectivity index is 2.66. The van der Waals surface area contributed by atoms with E-state index in [0.29, 0.717) is 16.4 Å². The molecule has 0 atom stereocenters. The topological polar surface area (TPSA) is 38.7 Å². The average Bonchev–Trinajstić information content (AvgIpc) is 2.28. The van der Waals surface area contributed by atoms with Crippen molar-refractivity contribution in [3.05, 3.63) is 40.6 Å². The maximum atomic E-state index is 13.5. The maximum absolute atomic E-state index is 13.5. The minimum absolute atomic E-state index is 0.343. The zero-order chi connectivity index (χ0) is 11.7. The summed E-state index contributed by atoms with van der Waals surface area (Å²) in [6.07, 6.45) is 2.67. The second-order valence-corrected chi connectivity index (χ2v) is 3.80. The second kappa shape index (κ2) is 4.14. The third kappa shape index (κ3) is 1.76. The molecule has 0 amide bonds. The van der Waals surface area contributed by atoms with E-state index in [-0.39, 0.29) is 0 Å². The molecule has 5 heteroatoms. The van der Waals surface area contributed by atoms with Gasteiger partial charge in [-0.05, 0) is 31.0 Å². The largest absolute Gasteiger partial charge is 0.262 e. The fourth-order valence-electron chi connectivity index (χ4n) is 1.40. The first kappa shape index (κ1) is 11.0. The van der Waals surface area contributed by atoms with Crippen LogP contribution < -0.4 is 0 Å². The van der Waals surface area contributed by atoms with E-state index >= 15 is 0 Å². The molecule has 0 saturated carbocycles. The number of aromatic nitrogens is 3. The number of pyridine rings is 1. The van der Waals surface area contributed by atoms with Crippen molar-refractivity contribution in [2.24, 2.45) is 0 Å². The van der Waals surface area contributed by atoms with Gasteiger partial charge in [-0.2, -0.15) is 0 Å². The van der Waals surface area contributed by atoms with Crippen molar-refractivity contribution >= 4 is 11.6 Å². The van der Waals surface area contributed by atoms with E-state index in [1.807, 2.05) is 13.8 Å². The van der Waals surface area contributed by atoms with Gasteiger partial charge >= 0.3 is 0 Å². The van der Waals surface area contributed by atoms with Crippen LogP contribution in [0, 0.1) is 19.7 Å². The lowest BCUT2D eigenvalue weighted by Gasteiger charge is -2.08. The highest BCUT2D eigenvalue weighted by atomic mass is 35.5. The Kier molecular flexibility index (Phi) is 2.83. The molecule has 3 nitrogen and oxygen atoms in total. The zero-order valence-electron chi connectivity index (χ0n) is 8.83. The molecule has 0 aliphatic rings. The van der Waals surface area contributed by atoms with E-state index in [1.165, 1.54) is 6.20 Å². The van der Waals surface area contributed by atoms with Crippen LogP contribution in [0.4, 0.5) is 4.39 Å². The Bertz CT molecular complexity index is 543. The Labute approximate surface area is 97.3 Å². The van der Waals surface area contributed by atoms with Gasteiger partial charge in [0, 0.05) is 11.8 Å². The van der Waals surface area contributed by atoms with Crippen molar-refractivity contribution in [2.75, 3.05) is 0 Å². The predicted molar refractivity (Wildman–Crippen MR) is 59.7 cm³/mol. The Morgan fingerprint density at radius 1 is 1.19 bits per heavy atom. The van der Waals surface area contributed by atoms with E-state index in [2.05, 4.69) is 15.2 Å². The van der Waals surface area contributed by atoms with Crippen LogP contribution in [-0.2, 0) is 0 Å². The summed E-state index contributed by atoms with van der Waals surface area (Å²) in [5.41, 5.74) is 2.52. The first-order valence-electron chi connectivity index (χ1n) is 4.70. The van der Waals surface area contributed by atoms with Crippen molar-refractivity contribution in [3.8, 4) is 11.3 Å². The molecule has 0 fully saturated rings. The van der Waals surface area contributed by atoms with Gasteiger partial charge in [0.1, 0.15) is 0 Å². The van der Waals surface area contributed by atoms with Crippen LogP contribution in [0.2, 0.25) is 5.15 Å². The van der Waals surface area contributed by atoms with Crippen LogP contribution in [0.15, 0.2) is 18.5 Å². The van der Waals surface area contributed by atoms with Gasteiger partial charge in [-0.1, -0.05) is 11.6 Å². The van der Waals surface area contributed by atoms with Crippen LogP contribution in [0.1, 0.15) is 11.1 Å². The third-order valence-electron chi connectivity index (χ3n) is 2.49. The molecule has 16 heavy (non-hydrogen) atoms. The summed E-state index contributed by atoms with van der Waals surface area (Å²) in [5.74, 6) is -0.415. The highest BCUT2D eigenvalue weighted by Crippen LogP contribution is 2.26. The molecule has 0 spiro atoms. The molecule has 0 radical (unpaired) electrons. The number of hydrogen-bond acceptors (Lipinski definition) is 3. The highest BCUT2D eigenvalue weighted by molar-refractivity contribution is 6.30. The van der Waals surface area contributed by atoms with Gasteiger partial charge in [0.15, 0.2) is 11.0 Å². The molecular weight excluding hydrogens is 229 g/mol. The summed E-state index contributed by atoms with van der Waals surface area (Å²) in [6.45, 7) is 3.67. The van der Waals surface area contributed by atoms with Crippen LogP contribution in [0.5, 0.6) is 0 Å². The lowest BCUT2D eigenvalue weighted by atomic mass is 10.1. The van der Waals surface area contributed by atoms with Gasteiger partial charge in [-0.25, -0.2) is 4.39 Å². The third-order valence-corrected chi connectivity index (χ3v) is 2.85. The molecule has 0 N–H and O–H groups in total. The second-order valence-electron chi connectivity index (χ2n) is 3.44. The summed E-state index contributed by atoms with van der Waals surface area (Å²) < 4.78 is 13.5. The molecule has 82 valence electrons. The van der Waals surface area contributed by atoms with Crippen LogP contribution in [0.25, 0.3) is 11.3 Å². The molecule has 2 aromatic rings. The highest BCUT2D eigenvalue weighted by Gasteiger charge is 2.13. The molecule has 0 aromatic carbocycles. The van der Waals surface area contributed by atoms with Crippen molar-refractivity contribution in [1.29, 1.82) is 0 Å². The predicted octanol–water partition coefficient (Wildman–Crippen LogP) is 2.95. The SMILES string of the molecule is Cc1c(Cl)nnc(-c2ccncc2F)c1C. The number of nitrogens with zero attached hydrogens (tertiary/aromatic N) is 3. The number of halogens is 2. The first-order valence-corrected chi connectivity index (χ1v) is 5.08. The molecule has 2 aromatic heterocycles. The first-order chi connectivity index (χ1) is 7.61. The van der Waals surface area contributed by atoms with Gasteiger partial charge in [-0.15, -0.1) is 10.2 Å². The van der Waals surface area contributed by atoms with Crippen LogP contribution >= 0.6 is 11.6 Å². The van der Waals surface area contributed by atoms with Gasteiger partial charge in [0.05, 0.1) is 11.9 Å². The Morgan fingerprint density at radius 3 is 2.62 bits per heavy atom. The zero-order valence-corrected chi connectivity index (χ0v) is 9.59. The fraction of sp³-hybridized carbons (Fsp3) is 0.182. The lowest BCUT2D eigenvalue weighted by molar-refractivity contribution is 0.623. The van der Waals surface area contributed by atoms with E-state index in [1.54, 1.807) is 6.07 Å². The summed E-state index contributed by atoms with van der Waals surface area (Å²) in [4.78, 5) is 3.69. The Hall–Kier alpha value is -1.55. The molecule has 0 aliphatic carbocycles. The van der Waals surface area contributed by atoms with Gasteiger partial charge in [-0.3, -0.25) is 4.98 Å². The number of rotatable bonds is 1. The lowest BCUT2D eigenvalue weighted by Crippen LogP contribution is -1.98. The van der Waals surface area contributed by atoms with Crippen molar-refractivity contribution in [3.63, 3.8) is 0 Å². The Morgan fingerprint density at radius 2 is 1.94 bits per heavy atom. The van der Waals surface area contributed by atoms with Crippen LogP contribution in [-0.4, -0.2) is 15.2 Å². The van der Waals surface area contributed by atoms with Crippen molar-refractivity contribution in [1.82, 2.24) is 15.2 Å². The van der Waals surface area contributed by atoms with Gasteiger partial charge in [0.2, 0.25) is 0 Å². The maximum Gasteiger partial charge on any atom is 0.154 e. The van der Waals surface area contributed by atoms with E-state index < -0.39 is 5.82 Å². The van der Waals surface area contributed by atoms with Gasteiger partial charge < -0.3 is 0 Å². The average molecular weight is 238 g/mol. The van der Waals surface area contributed by atoms with E-state index in [0.717, 1.165) is 17.3 Å². The molecule has 0 saturated heterocycles. The molecule has 2 rings (SSSR count). The fourth-order valence-corrected chi connectivity index (χ4v) is 1.58. The van der Waals surface area contributed by atoms with Crippen LogP contribution in [0.3, 0.4) is 0 Å². The summed E-state index contributed by atoms with van der Waals surface area (Å²) in [7, 11) is 0. The van der Waals surface area contributed by atoms with Crippen molar-refractivity contribution < 1.29 is 4.39 Å². The normalized spacial score (nSPS) is 10.5. The molecule has 2 heterocycles. The van der Waals surface area contributed by atoms with E-state index in [9.17, 15) is 4.39 Å². The molecule has 0 unspecified atom stereocenters. The monoisotopic (exact) mass is 237 g/mol. The standard InChI is InChI=1S/C11H9ClFN3/c1-6-7(2)11(12)16-15-10(6)8-3-4-14-5-9(8)13/h3-5H,1-2H3. The summed E-state index contributed by atoms with van der Waals surface area (Å²) >= 11 is 5.83. The van der Waals surface area contributed by atoms with E-state index in [4.69, 9.17) is 11.6 Å². The molecule has 0 aliphatic heterocycles. The van der Waals surface area contributed by atoms with Crippen molar-refractivity contribution in [2.45, 2.75) is 13.8 Å². The quantitative estimate of drug-likeness (QED) is 0.766. The summed E-state index contributed by atoms with van der Waals surface area (Å²) in [5, 5.41) is 8.05. The smallest absolute Gasteiger partial charge is 0.154 e. The molecule has 0 bridgehead atoms.